The number of benzene rings is 1. The molecule has 0 N–H and O–H groups in total. The zero-order valence-corrected chi connectivity index (χ0v) is 18.7. The van der Waals surface area contributed by atoms with Gasteiger partial charge in [0.15, 0.2) is 0 Å². The molecule has 1 aliphatic heterocycles. The summed E-state index contributed by atoms with van der Waals surface area (Å²) in [5, 5.41) is 14.5. The van der Waals surface area contributed by atoms with Crippen molar-refractivity contribution in [2.24, 2.45) is 12.0 Å². The van der Waals surface area contributed by atoms with Gasteiger partial charge in [-0.25, -0.2) is 4.68 Å². The Balaban J connectivity index is 1.61. The van der Waals surface area contributed by atoms with Crippen molar-refractivity contribution in [2.45, 2.75) is 31.1 Å². The Morgan fingerprint density at radius 3 is 2.79 bits per heavy atom. The number of dihydropyridines is 1. The summed E-state index contributed by atoms with van der Waals surface area (Å²) in [6.07, 6.45) is 11.7. The maximum absolute atomic E-state index is 12.5. The molecule has 2 aromatic heterocycles. The molecule has 0 spiro atoms. The number of nitriles is 1. The van der Waals surface area contributed by atoms with E-state index in [4.69, 9.17) is 4.74 Å². The second kappa shape index (κ2) is 8.21. The molecule has 7 nitrogen and oxygen atoms in total. The van der Waals surface area contributed by atoms with E-state index < -0.39 is 5.41 Å². The summed E-state index contributed by atoms with van der Waals surface area (Å²) >= 11 is 0. The molecule has 2 aliphatic rings. The van der Waals surface area contributed by atoms with Crippen LogP contribution in [0.15, 0.2) is 70.9 Å². The maximum Gasteiger partial charge on any atom is 0.250 e. The summed E-state index contributed by atoms with van der Waals surface area (Å²) in [5.74, 6) is 1.04. The Kier molecular flexibility index (Phi) is 5.21. The highest BCUT2D eigenvalue weighted by Crippen LogP contribution is 2.43. The van der Waals surface area contributed by atoms with Crippen LogP contribution in [0.5, 0.6) is 0 Å². The molecule has 1 aliphatic carbocycles. The smallest absolute Gasteiger partial charge is 0.250 e. The molecule has 0 saturated heterocycles. The Hall–Kier alpha value is -3.92. The lowest BCUT2D eigenvalue weighted by Gasteiger charge is -2.31. The van der Waals surface area contributed by atoms with Crippen LogP contribution in [0.1, 0.15) is 47.9 Å². The molecule has 1 unspecified atom stereocenters. The van der Waals surface area contributed by atoms with Gasteiger partial charge in [0.1, 0.15) is 6.07 Å². The van der Waals surface area contributed by atoms with Gasteiger partial charge in [0.05, 0.1) is 36.0 Å². The van der Waals surface area contributed by atoms with Gasteiger partial charge in [0.2, 0.25) is 5.90 Å². The van der Waals surface area contributed by atoms with E-state index >= 15 is 0 Å². The number of aryl methyl sites for hydroxylation is 1. The van der Waals surface area contributed by atoms with Crippen LogP contribution in [0.25, 0.3) is 5.69 Å². The summed E-state index contributed by atoms with van der Waals surface area (Å²) in [4.78, 5) is 17.1. The number of pyridine rings is 1. The van der Waals surface area contributed by atoms with Gasteiger partial charge in [-0.3, -0.25) is 9.79 Å². The average molecular weight is 440 g/mol. The second-order valence-corrected chi connectivity index (χ2v) is 8.56. The summed E-state index contributed by atoms with van der Waals surface area (Å²) in [6.45, 7) is 2.85. The molecule has 0 amide bonds. The van der Waals surface area contributed by atoms with E-state index in [0.717, 1.165) is 35.2 Å². The van der Waals surface area contributed by atoms with Crippen molar-refractivity contribution in [3.63, 3.8) is 0 Å². The third kappa shape index (κ3) is 3.68. The van der Waals surface area contributed by atoms with Crippen LogP contribution >= 0.6 is 0 Å². The molecule has 1 fully saturated rings. The SMILES string of the molecule is CCOC1=NCC(c2ccn(C)c(=O)c2)(c2cnn(-c3cccc(C4CC4)c3C#N)c2)C=C1. The van der Waals surface area contributed by atoms with Crippen molar-refractivity contribution in [3.05, 3.63) is 93.7 Å². The van der Waals surface area contributed by atoms with Gasteiger partial charge < -0.3 is 9.30 Å². The van der Waals surface area contributed by atoms with Gasteiger partial charge in [0, 0.05) is 31.1 Å². The van der Waals surface area contributed by atoms with Crippen LogP contribution in [0.3, 0.4) is 0 Å². The molecule has 3 aromatic rings. The molecule has 1 aromatic carbocycles. The van der Waals surface area contributed by atoms with Gasteiger partial charge in [-0.2, -0.15) is 10.4 Å². The van der Waals surface area contributed by atoms with Gasteiger partial charge >= 0.3 is 0 Å². The van der Waals surface area contributed by atoms with Crippen LogP contribution in [-0.2, 0) is 17.2 Å². The summed E-state index contributed by atoms with van der Waals surface area (Å²) in [7, 11) is 1.73. The summed E-state index contributed by atoms with van der Waals surface area (Å²) in [5.41, 5.74) is 3.53. The highest BCUT2D eigenvalue weighted by Gasteiger charge is 2.36. The van der Waals surface area contributed by atoms with Crippen LogP contribution < -0.4 is 5.56 Å². The van der Waals surface area contributed by atoms with E-state index in [-0.39, 0.29) is 5.56 Å². The van der Waals surface area contributed by atoms with Gasteiger partial charge in [-0.05, 0) is 55.0 Å². The second-order valence-electron chi connectivity index (χ2n) is 8.56. The minimum atomic E-state index is -0.660. The molecule has 1 atom stereocenters. The van der Waals surface area contributed by atoms with Crippen molar-refractivity contribution in [1.82, 2.24) is 14.3 Å². The standard InChI is InChI=1S/C26H25N5O2/c1-3-33-24-9-11-26(17-28-24,19-10-12-30(2)25(32)13-19)20-15-29-31(16-20)23-6-4-5-21(18-7-8-18)22(23)14-27/h4-6,9-13,15-16,18H,3,7-8,17H2,1-2H3. The van der Waals surface area contributed by atoms with E-state index in [2.05, 4.69) is 16.2 Å². The first kappa shape index (κ1) is 21.0. The normalized spacial score (nSPS) is 19.7. The molecular formula is C26H25N5O2. The number of nitrogens with zero attached hydrogens (tertiary/aromatic N) is 5. The first-order chi connectivity index (χ1) is 16.1. The van der Waals surface area contributed by atoms with E-state index in [1.807, 2.05) is 49.5 Å². The monoisotopic (exact) mass is 439 g/mol. The molecule has 0 radical (unpaired) electrons. The fourth-order valence-electron chi connectivity index (χ4n) is 4.42. The van der Waals surface area contributed by atoms with Crippen molar-refractivity contribution in [2.75, 3.05) is 13.2 Å². The zero-order valence-electron chi connectivity index (χ0n) is 18.7. The number of hydrogen-bond donors (Lipinski definition) is 0. The number of hydrogen-bond acceptors (Lipinski definition) is 5. The topological polar surface area (TPSA) is 85.2 Å². The number of aromatic nitrogens is 3. The van der Waals surface area contributed by atoms with Crippen LogP contribution in [0, 0.1) is 11.3 Å². The highest BCUT2D eigenvalue weighted by atomic mass is 16.5. The minimum absolute atomic E-state index is 0.0869. The Labute approximate surface area is 192 Å². The predicted octanol–water partition coefficient (Wildman–Crippen LogP) is 3.61. The van der Waals surface area contributed by atoms with E-state index in [9.17, 15) is 10.1 Å². The average Bonchev–Trinajstić information content (AvgIpc) is 3.57. The van der Waals surface area contributed by atoms with Crippen LogP contribution in [0.4, 0.5) is 0 Å². The van der Waals surface area contributed by atoms with Crippen molar-refractivity contribution < 1.29 is 4.74 Å². The van der Waals surface area contributed by atoms with Gasteiger partial charge in [-0.1, -0.05) is 18.2 Å². The molecule has 1 saturated carbocycles. The van der Waals surface area contributed by atoms with E-state index in [1.54, 1.807) is 34.8 Å². The maximum atomic E-state index is 12.5. The zero-order chi connectivity index (χ0) is 23.0. The van der Waals surface area contributed by atoms with Crippen LogP contribution in [-0.4, -0.2) is 33.4 Å². The highest BCUT2D eigenvalue weighted by molar-refractivity contribution is 5.89. The molecule has 7 heteroatoms. The first-order valence-corrected chi connectivity index (χ1v) is 11.2. The quantitative estimate of drug-likeness (QED) is 0.608. The number of ether oxygens (including phenoxy) is 1. The minimum Gasteiger partial charge on any atom is -0.478 e. The third-order valence-corrected chi connectivity index (χ3v) is 6.45. The molecule has 33 heavy (non-hydrogen) atoms. The van der Waals surface area contributed by atoms with E-state index in [1.165, 1.54) is 0 Å². The van der Waals surface area contributed by atoms with Crippen molar-refractivity contribution in [1.29, 1.82) is 5.26 Å². The summed E-state index contributed by atoms with van der Waals surface area (Å²) < 4.78 is 8.89. The van der Waals surface area contributed by atoms with Crippen molar-refractivity contribution in [3.8, 4) is 11.8 Å². The number of aliphatic imine (C=N–C) groups is 1. The fraction of sp³-hybridized carbons (Fsp3) is 0.308. The molecule has 166 valence electrons. The Morgan fingerprint density at radius 1 is 1.27 bits per heavy atom. The summed E-state index contributed by atoms with van der Waals surface area (Å²) in [6, 6.07) is 11.9. The lowest BCUT2D eigenvalue weighted by atomic mass is 9.75. The van der Waals surface area contributed by atoms with Gasteiger partial charge in [0.25, 0.3) is 5.56 Å². The molecule has 5 rings (SSSR count). The lowest BCUT2D eigenvalue weighted by molar-refractivity contribution is 0.326. The Bertz CT molecular complexity index is 1370. The molecular weight excluding hydrogens is 414 g/mol. The lowest BCUT2D eigenvalue weighted by Crippen LogP contribution is -2.34. The molecule has 0 bridgehead atoms. The van der Waals surface area contributed by atoms with E-state index in [0.29, 0.717) is 30.5 Å². The molecule has 3 heterocycles. The fourth-order valence-corrected chi connectivity index (χ4v) is 4.42. The number of rotatable bonds is 5. The third-order valence-electron chi connectivity index (χ3n) is 6.45. The van der Waals surface area contributed by atoms with Crippen molar-refractivity contribution >= 4 is 5.90 Å². The predicted molar refractivity (Wildman–Crippen MR) is 126 cm³/mol. The Morgan fingerprint density at radius 2 is 2.12 bits per heavy atom. The van der Waals surface area contributed by atoms with Gasteiger partial charge in [-0.15, -0.1) is 0 Å². The largest absolute Gasteiger partial charge is 0.478 e. The first-order valence-electron chi connectivity index (χ1n) is 11.2. The van der Waals surface area contributed by atoms with Crippen LogP contribution in [0.2, 0.25) is 0 Å².